The molecule has 7 nitrogen and oxygen atoms in total. The summed E-state index contributed by atoms with van der Waals surface area (Å²) in [6, 6.07) is 9.05. The summed E-state index contributed by atoms with van der Waals surface area (Å²) in [5.41, 5.74) is 2.70. The molecule has 2 amide bonds. The van der Waals surface area contributed by atoms with Crippen LogP contribution < -0.4 is 15.1 Å². The Bertz CT molecular complexity index is 775. The summed E-state index contributed by atoms with van der Waals surface area (Å²) in [7, 11) is 0. The van der Waals surface area contributed by atoms with Crippen molar-refractivity contribution in [3.05, 3.63) is 48.4 Å². The zero-order valence-corrected chi connectivity index (χ0v) is 15.7. The molecule has 1 fully saturated rings. The van der Waals surface area contributed by atoms with E-state index in [4.69, 9.17) is 0 Å². The van der Waals surface area contributed by atoms with Crippen molar-refractivity contribution in [2.24, 2.45) is 0 Å². The molecule has 0 unspecified atom stereocenters. The van der Waals surface area contributed by atoms with Crippen molar-refractivity contribution >= 4 is 17.5 Å². The van der Waals surface area contributed by atoms with Crippen LogP contribution >= 0.6 is 0 Å². The van der Waals surface area contributed by atoms with Crippen molar-refractivity contribution in [3.63, 3.8) is 0 Å². The number of carbonyl (C=O) groups is 1. The molecule has 2 aliphatic rings. The number of urea groups is 1. The minimum absolute atomic E-state index is 0.0222. The summed E-state index contributed by atoms with van der Waals surface area (Å²) >= 11 is 0. The Morgan fingerprint density at radius 3 is 2.78 bits per heavy atom. The quantitative estimate of drug-likeness (QED) is 0.893. The van der Waals surface area contributed by atoms with Crippen LogP contribution in [0.25, 0.3) is 0 Å². The Kier molecular flexibility index (Phi) is 5.09. The Morgan fingerprint density at radius 2 is 2.00 bits per heavy atom. The molecule has 0 saturated carbocycles. The van der Waals surface area contributed by atoms with Crippen LogP contribution in [0.3, 0.4) is 0 Å². The Labute approximate surface area is 160 Å². The molecule has 1 saturated heterocycles. The largest absolute Gasteiger partial charge is 0.367 e. The lowest BCUT2D eigenvalue weighted by molar-refractivity contribution is 0.194. The second kappa shape index (κ2) is 7.82. The number of aromatic nitrogens is 2. The van der Waals surface area contributed by atoms with Crippen LogP contribution in [0.1, 0.15) is 12.5 Å². The smallest absolute Gasteiger partial charge is 0.317 e. The first kappa shape index (κ1) is 17.6. The van der Waals surface area contributed by atoms with E-state index in [1.807, 2.05) is 4.90 Å². The molecule has 1 atom stereocenters. The maximum absolute atomic E-state index is 12.5. The molecule has 4 rings (SSSR count). The van der Waals surface area contributed by atoms with Crippen LogP contribution in [-0.4, -0.2) is 66.2 Å². The van der Waals surface area contributed by atoms with Gasteiger partial charge in [-0.05, 0) is 25.0 Å². The molecular formula is C20H26N6O. The first-order valence-electron chi connectivity index (χ1n) is 9.60. The van der Waals surface area contributed by atoms with Gasteiger partial charge in [0.15, 0.2) is 0 Å². The average Bonchev–Trinajstić information content (AvgIpc) is 3.04. The molecule has 0 bridgehead atoms. The number of carbonyl (C=O) groups excluding carboxylic acids is 1. The van der Waals surface area contributed by atoms with Gasteiger partial charge in [-0.25, -0.2) is 9.78 Å². The molecule has 27 heavy (non-hydrogen) atoms. The number of hydrogen-bond donors (Lipinski definition) is 1. The zero-order chi connectivity index (χ0) is 18.6. The third kappa shape index (κ3) is 3.82. The standard InChI is InChI=1S/C20H26N6O/c1-16-14-17-4-2-3-5-18(17)26(16)9-8-23-20(27)25-12-10-24(11-13-25)19-15-21-6-7-22-19/h2-7,15-16H,8-14H2,1H3,(H,23,27)/t16-/m0/s1. The highest BCUT2D eigenvalue weighted by Crippen LogP contribution is 2.31. The SMILES string of the molecule is C[C@H]1Cc2ccccc2N1CCNC(=O)N1CCN(c2cnccn2)CC1. The number of amides is 2. The molecule has 1 aromatic carbocycles. The molecule has 3 heterocycles. The van der Waals surface area contributed by atoms with Gasteiger partial charge in [0.25, 0.3) is 0 Å². The second-order valence-electron chi connectivity index (χ2n) is 7.14. The van der Waals surface area contributed by atoms with Gasteiger partial charge in [-0.3, -0.25) is 4.98 Å². The van der Waals surface area contributed by atoms with E-state index in [2.05, 4.69) is 56.3 Å². The first-order valence-corrected chi connectivity index (χ1v) is 9.60. The maximum atomic E-state index is 12.5. The molecule has 142 valence electrons. The minimum atomic E-state index is 0.0222. The number of piperazine rings is 1. The number of para-hydroxylation sites is 1. The van der Waals surface area contributed by atoms with E-state index in [9.17, 15) is 4.79 Å². The summed E-state index contributed by atoms with van der Waals surface area (Å²) in [5.74, 6) is 0.874. The number of nitrogens with one attached hydrogen (secondary N) is 1. The van der Waals surface area contributed by atoms with E-state index in [1.165, 1.54) is 11.3 Å². The summed E-state index contributed by atoms with van der Waals surface area (Å²) in [6.07, 6.45) is 6.22. The number of nitrogens with zero attached hydrogens (tertiary/aromatic N) is 5. The number of fused-ring (bicyclic) bond motifs is 1. The molecule has 2 aliphatic heterocycles. The summed E-state index contributed by atoms with van der Waals surface area (Å²) in [5, 5.41) is 3.08. The van der Waals surface area contributed by atoms with E-state index >= 15 is 0 Å². The summed E-state index contributed by atoms with van der Waals surface area (Å²) < 4.78 is 0. The average molecular weight is 366 g/mol. The molecule has 1 aromatic heterocycles. The fraction of sp³-hybridized carbons (Fsp3) is 0.450. The van der Waals surface area contributed by atoms with Crippen LogP contribution in [0.15, 0.2) is 42.9 Å². The van der Waals surface area contributed by atoms with Crippen LogP contribution in [0.4, 0.5) is 16.3 Å². The van der Waals surface area contributed by atoms with Gasteiger partial charge < -0.3 is 20.0 Å². The van der Waals surface area contributed by atoms with E-state index in [1.54, 1.807) is 18.6 Å². The molecule has 0 aliphatic carbocycles. The topological polar surface area (TPSA) is 64.6 Å². The van der Waals surface area contributed by atoms with E-state index in [0.29, 0.717) is 25.7 Å². The van der Waals surface area contributed by atoms with Gasteiger partial charge in [0.05, 0.1) is 6.20 Å². The third-order valence-corrected chi connectivity index (χ3v) is 5.42. The van der Waals surface area contributed by atoms with Gasteiger partial charge in [0.2, 0.25) is 0 Å². The molecule has 7 heteroatoms. The van der Waals surface area contributed by atoms with Crippen molar-refractivity contribution in [2.75, 3.05) is 49.1 Å². The van der Waals surface area contributed by atoms with Crippen LogP contribution in [0.5, 0.6) is 0 Å². The lowest BCUT2D eigenvalue weighted by atomic mass is 10.1. The van der Waals surface area contributed by atoms with Crippen molar-refractivity contribution in [1.29, 1.82) is 0 Å². The van der Waals surface area contributed by atoms with Crippen LogP contribution in [-0.2, 0) is 6.42 Å². The van der Waals surface area contributed by atoms with Gasteiger partial charge >= 0.3 is 6.03 Å². The van der Waals surface area contributed by atoms with Gasteiger partial charge in [0.1, 0.15) is 5.82 Å². The Hall–Kier alpha value is -2.83. The van der Waals surface area contributed by atoms with E-state index in [-0.39, 0.29) is 6.03 Å². The highest BCUT2D eigenvalue weighted by atomic mass is 16.2. The predicted molar refractivity (Wildman–Crippen MR) is 106 cm³/mol. The fourth-order valence-electron chi connectivity index (χ4n) is 3.96. The number of hydrogen-bond acceptors (Lipinski definition) is 5. The van der Waals surface area contributed by atoms with Crippen LogP contribution in [0, 0.1) is 0 Å². The predicted octanol–water partition coefficient (Wildman–Crippen LogP) is 1.76. The number of rotatable bonds is 4. The van der Waals surface area contributed by atoms with Gasteiger partial charge in [-0.2, -0.15) is 0 Å². The van der Waals surface area contributed by atoms with Crippen molar-refractivity contribution in [1.82, 2.24) is 20.2 Å². The summed E-state index contributed by atoms with van der Waals surface area (Å²) in [6.45, 7) is 6.70. The molecule has 1 N–H and O–H groups in total. The maximum Gasteiger partial charge on any atom is 0.317 e. The third-order valence-electron chi connectivity index (χ3n) is 5.42. The van der Waals surface area contributed by atoms with Gasteiger partial charge in [-0.15, -0.1) is 0 Å². The minimum Gasteiger partial charge on any atom is -0.367 e. The molecular weight excluding hydrogens is 340 g/mol. The van der Waals surface area contributed by atoms with Crippen molar-refractivity contribution in [3.8, 4) is 0 Å². The van der Waals surface area contributed by atoms with E-state index in [0.717, 1.165) is 31.9 Å². The number of anilines is 2. The van der Waals surface area contributed by atoms with Crippen LogP contribution in [0.2, 0.25) is 0 Å². The Balaban J connectivity index is 1.24. The normalized spacial score (nSPS) is 19.1. The lowest BCUT2D eigenvalue weighted by Crippen LogP contribution is -2.53. The Morgan fingerprint density at radius 1 is 1.19 bits per heavy atom. The zero-order valence-electron chi connectivity index (χ0n) is 15.7. The van der Waals surface area contributed by atoms with Gasteiger partial charge in [0, 0.05) is 63.4 Å². The molecule has 0 spiro atoms. The van der Waals surface area contributed by atoms with Crippen molar-refractivity contribution in [2.45, 2.75) is 19.4 Å². The highest BCUT2D eigenvalue weighted by molar-refractivity contribution is 5.74. The van der Waals surface area contributed by atoms with Gasteiger partial charge in [-0.1, -0.05) is 18.2 Å². The van der Waals surface area contributed by atoms with Crippen molar-refractivity contribution < 1.29 is 4.79 Å². The highest BCUT2D eigenvalue weighted by Gasteiger charge is 2.26. The monoisotopic (exact) mass is 366 g/mol. The number of benzene rings is 1. The molecule has 0 radical (unpaired) electrons. The first-order chi connectivity index (χ1) is 13.2. The summed E-state index contributed by atoms with van der Waals surface area (Å²) in [4.78, 5) is 27.4. The fourth-order valence-corrected chi connectivity index (χ4v) is 3.96. The lowest BCUT2D eigenvalue weighted by Gasteiger charge is -2.35. The molecule has 2 aromatic rings. The van der Waals surface area contributed by atoms with E-state index < -0.39 is 0 Å². The second-order valence-corrected chi connectivity index (χ2v) is 7.14.